The zero-order valence-corrected chi connectivity index (χ0v) is 13.9. The third-order valence-corrected chi connectivity index (χ3v) is 4.24. The molecule has 6 heteroatoms. The van der Waals surface area contributed by atoms with Crippen LogP contribution in [0.25, 0.3) is 0 Å². The molecule has 2 rings (SSSR count). The number of rotatable bonds is 3. The van der Waals surface area contributed by atoms with Crippen LogP contribution in [-0.4, -0.2) is 4.98 Å². The summed E-state index contributed by atoms with van der Waals surface area (Å²) in [5.74, 6) is -0.254. The van der Waals surface area contributed by atoms with E-state index in [0.29, 0.717) is 15.2 Å². The molecule has 0 saturated heterocycles. The Morgan fingerprint density at radius 3 is 2.68 bits per heavy atom. The van der Waals surface area contributed by atoms with Crippen LogP contribution in [0.15, 0.2) is 39.4 Å². The molecule has 0 aliphatic carbocycles. The molecule has 0 fully saturated rings. The normalized spacial score (nSPS) is 12.3. The van der Waals surface area contributed by atoms with Gasteiger partial charge in [-0.05, 0) is 41.1 Å². The van der Waals surface area contributed by atoms with Crippen LogP contribution in [0.4, 0.5) is 10.1 Å². The first-order chi connectivity index (χ1) is 8.97. The predicted molar refractivity (Wildman–Crippen MR) is 83.1 cm³/mol. The van der Waals surface area contributed by atoms with Crippen molar-refractivity contribution >= 4 is 49.1 Å². The molecule has 0 spiro atoms. The van der Waals surface area contributed by atoms with Gasteiger partial charge >= 0.3 is 0 Å². The Bertz CT molecular complexity index is 607. The molecule has 1 unspecified atom stereocenters. The first kappa shape index (κ1) is 14.8. The monoisotopic (exact) mass is 406 g/mol. The third kappa shape index (κ3) is 3.68. The lowest BCUT2D eigenvalue weighted by molar-refractivity contribution is 0.599. The van der Waals surface area contributed by atoms with Gasteiger partial charge in [-0.2, -0.15) is 0 Å². The second-order valence-electron chi connectivity index (χ2n) is 4.03. The molecule has 0 aliphatic heterocycles. The summed E-state index contributed by atoms with van der Waals surface area (Å²) in [7, 11) is 0. The molecule has 1 atom stereocenters. The average molecular weight is 408 g/mol. The molecule has 0 saturated carbocycles. The van der Waals surface area contributed by atoms with Gasteiger partial charge in [0.15, 0.2) is 0 Å². The molecule has 0 aliphatic rings. The highest BCUT2D eigenvalue weighted by Gasteiger charge is 2.12. The summed E-state index contributed by atoms with van der Waals surface area (Å²) >= 11 is 12.4. The Morgan fingerprint density at radius 1 is 1.32 bits per heavy atom. The molecule has 1 heterocycles. The number of halogens is 4. The smallest absolute Gasteiger partial charge is 0.143 e. The van der Waals surface area contributed by atoms with Crippen LogP contribution in [0.3, 0.4) is 0 Å². The van der Waals surface area contributed by atoms with E-state index in [1.165, 1.54) is 6.07 Å². The second-order valence-corrected chi connectivity index (χ2v) is 6.16. The van der Waals surface area contributed by atoms with Crippen molar-refractivity contribution in [2.24, 2.45) is 0 Å². The molecule has 0 bridgehead atoms. The van der Waals surface area contributed by atoms with Crippen molar-refractivity contribution in [2.75, 3.05) is 5.32 Å². The van der Waals surface area contributed by atoms with Crippen LogP contribution >= 0.6 is 43.5 Å². The molecular formula is C13H10Br2ClFN2. The zero-order valence-electron chi connectivity index (χ0n) is 9.92. The first-order valence-electron chi connectivity index (χ1n) is 5.50. The number of hydrogen-bond acceptors (Lipinski definition) is 2. The molecule has 1 aromatic heterocycles. The minimum atomic E-state index is -0.254. The quantitative estimate of drug-likeness (QED) is 0.672. The fraction of sp³-hybridized carbons (Fsp3) is 0.154. The first-order valence-corrected chi connectivity index (χ1v) is 7.46. The van der Waals surface area contributed by atoms with Gasteiger partial charge in [0.05, 0.1) is 22.4 Å². The van der Waals surface area contributed by atoms with Gasteiger partial charge in [0.25, 0.3) is 0 Å². The topological polar surface area (TPSA) is 24.9 Å². The lowest BCUT2D eigenvalue weighted by Gasteiger charge is -2.16. The van der Waals surface area contributed by atoms with E-state index in [0.717, 1.165) is 10.2 Å². The van der Waals surface area contributed by atoms with E-state index in [1.54, 1.807) is 12.3 Å². The number of benzene rings is 1. The van der Waals surface area contributed by atoms with E-state index >= 15 is 0 Å². The van der Waals surface area contributed by atoms with E-state index < -0.39 is 0 Å². The van der Waals surface area contributed by atoms with Gasteiger partial charge in [0, 0.05) is 10.0 Å². The summed E-state index contributed by atoms with van der Waals surface area (Å²) in [5, 5.41) is 3.58. The Balaban J connectivity index is 2.20. The standard InChI is InChI=1S/C13H10Br2ClFN2/c1-7(10-3-2-8(14)4-12(10)17)19-9-5-11(15)13(16)18-6-9/h2-7,19H,1H3. The molecule has 1 N–H and O–H groups in total. The van der Waals surface area contributed by atoms with Crippen molar-refractivity contribution in [2.45, 2.75) is 13.0 Å². The molecular weight excluding hydrogens is 398 g/mol. The number of hydrogen-bond donors (Lipinski definition) is 1. The highest BCUT2D eigenvalue weighted by Crippen LogP contribution is 2.27. The lowest BCUT2D eigenvalue weighted by atomic mass is 10.1. The molecule has 0 radical (unpaired) electrons. The summed E-state index contributed by atoms with van der Waals surface area (Å²) in [6.07, 6.45) is 1.61. The number of pyridine rings is 1. The van der Waals surface area contributed by atoms with Crippen LogP contribution in [-0.2, 0) is 0 Å². The fourth-order valence-corrected chi connectivity index (χ4v) is 2.47. The van der Waals surface area contributed by atoms with Crippen LogP contribution in [0.5, 0.6) is 0 Å². The van der Waals surface area contributed by atoms with E-state index in [4.69, 9.17) is 11.6 Å². The van der Waals surface area contributed by atoms with Crippen LogP contribution in [0, 0.1) is 5.82 Å². The van der Waals surface area contributed by atoms with Crippen molar-refractivity contribution in [3.63, 3.8) is 0 Å². The number of nitrogens with one attached hydrogen (secondary N) is 1. The van der Waals surface area contributed by atoms with Crippen molar-refractivity contribution in [3.8, 4) is 0 Å². The SMILES string of the molecule is CC(Nc1cnc(Cl)c(Br)c1)c1ccc(Br)cc1F. The molecule has 2 nitrogen and oxygen atoms in total. The Morgan fingerprint density at radius 2 is 2.05 bits per heavy atom. The minimum Gasteiger partial charge on any atom is -0.377 e. The van der Waals surface area contributed by atoms with Gasteiger partial charge in [-0.1, -0.05) is 33.6 Å². The maximum atomic E-state index is 13.8. The molecule has 0 amide bonds. The zero-order chi connectivity index (χ0) is 14.0. The molecule has 19 heavy (non-hydrogen) atoms. The van der Waals surface area contributed by atoms with Gasteiger partial charge in [-0.3, -0.25) is 0 Å². The number of anilines is 1. The summed E-state index contributed by atoms with van der Waals surface area (Å²) in [6, 6.07) is 6.64. The van der Waals surface area contributed by atoms with E-state index in [-0.39, 0.29) is 11.9 Å². The van der Waals surface area contributed by atoms with Crippen molar-refractivity contribution in [3.05, 3.63) is 55.9 Å². The van der Waals surface area contributed by atoms with Gasteiger partial charge < -0.3 is 5.32 Å². The van der Waals surface area contributed by atoms with Crippen molar-refractivity contribution in [1.29, 1.82) is 0 Å². The fourth-order valence-electron chi connectivity index (χ4n) is 1.68. The second kappa shape index (κ2) is 6.20. The van der Waals surface area contributed by atoms with E-state index in [9.17, 15) is 4.39 Å². The summed E-state index contributed by atoms with van der Waals surface area (Å²) in [5.41, 5.74) is 1.36. The lowest BCUT2D eigenvalue weighted by Crippen LogP contribution is -2.08. The molecule has 2 aromatic rings. The van der Waals surface area contributed by atoms with Gasteiger partial charge in [-0.25, -0.2) is 9.37 Å². The van der Waals surface area contributed by atoms with Crippen molar-refractivity contribution < 1.29 is 4.39 Å². The van der Waals surface area contributed by atoms with E-state index in [1.807, 2.05) is 19.1 Å². The Hall–Kier alpha value is -0.650. The van der Waals surface area contributed by atoms with Gasteiger partial charge in [0.2, 0.25) is 0 Å². The van der Waals surface area contributed by atoms with Gasteiger partial charge in [-0.15, -0.1) is 0 Å². The maximum absolute atomic E-state index is 13.8. The van der Waals surface area contributed by atoms with E-state index in [2.05, 4.69) is 42.2 Å². The number of nitrogens with zero attached hydrogens (tertiary/aromatic N) is 1. The highest BCUT2D eigenvalue weighted by atomic mass is 79.9. The highest BCUT2D eigenvalue weighted by molar-refractivity contribution is 9.10. The number of aromatic nitrogens is 1. The molecule has 100 valence electrons. The third-order valence-electron chi connectivity index (χ3n) is 2.61. The summed E-state index contributed by atoms with van der Waals surface area (Å²) in [4.78, 5) is 4.02. The van der Waals surface area contributed by atoms with Crippen LogP contribution in [0.1, 0.15) is 18.5 Å². The summed E-state index contributed by atoms with van der Waals surface area (Å²) in [6.45, 7) is 1.88. The minimum absolute atomic E-state index is 0.178. The van der Waals surface area contributed by atoms with Crippen LogP contribution < -0.4 is 5.32 Å². The molecule has 1 aromatic carbocycles. The predicted octanol–water partition coefficient (Wildman–Crippen LogP) is 5.57. The average Bonchev–Trinajstić information content (AvgIpc) is 2.33. The largest absolute Gasteiger partial charge is 0.377 e. The van der Waals surface area contributed by atoms with Crippen molar-refractivity contribution in [1.82, 2.24) is 4.98 Å². The maximum Gasteiger partial charge on any atom is 0.143 e. The van der Waals surface area contributed by atoms with Crippen LogP contribution in [0.2, 0.25) is 5.15 Å². The van der Waals surface area contributed by atoms with Gasteiger partial charge in [0.1, 0.15) is 11.0 Å². The summed E-state index contributed by atoms with van der Waals surface area (Å²) < 4.78 is 15.2. The Kier molecular flexibility index (Phi) is 4.81. The Labute approximate surface area is 132 Å².